The molecule has 1 saturated carbocycles. The first-order valence-electron chi connectivity index (χ1n) is 8.95. The van der Waals surface area contributed by atoms with Crippen LogP contribution in [0.5, 0.6) is 0 Å². The largest absolute Gasteiger partial charge is 0.316 e. The van der Waals surface area contributed by atoms with E-state index in [0.29, 0.717) is 11.3 Å². The van der Waals surface area contributed by atoms with Crippen molar-refractivity contribution in [3.63, 3.8) is 0 Å². The number of rotatable bonds is 7. The van der Waals surface area contributed by atoms with Gasteiger partial charge in [0.2, 0.25) is 0 Å². The molecule has 0 aromatic heterocycles. The number of nitrogens with one attached hydrogen (secondary N) is 1. The molecule has 1 aromatic carbocycles. The van der Waals surface area contributed by atoms with E-state index in [1.807, 2.05) is 0 Å². The van der Waals surface area contributed by atoms with Gasteiger partial charge in [-0.3, -0.25) is 0 Å². The molecule has 0 amide bonds. The average Bonchev–Trinajstić information content (AvgIpc) is 2.49. The summed E-state index contributed by atoms with van der Waals surface area (Å²) in [4.78, 5) is 0. The van der Waals surface area contributed by atoms with Crippen molar-refractivity contribution in [2.24, 2.45) is 5.41 Å². The zero-order valence-corrected chi connectivity index (χ0v) is 14.3. The number of hydrogen-bond acceptors (Lipinski definition) is 1. The predicted octanol–water partition coefficient (Wildman–Crippen LogP) is 5.30. The van der Waals surface area contributed by atoms with E-state index in [1.165, 1.54) is 62.6 Å². The van der Waals surface area contributed by atoms with Crippen LogP contribution in [0.2, 0.25) is 0 Å². The Kier molecular flexibility index (Phi) is 6.29. The lowest BCUT2D eigenvalue weighted by molar-refractivity contribution is 0.181. The Morgan fingerprint density at radius 2 is 1.71 bits per heavy atom. The molecule has 1 fully saturated rings. The monoisotopic (exact) mass is 287 g/mol. The van der Waals surface area contributed by atoms with Gasteiger partial charge in [0, 0.05) is 6.54 Å². The van der Waals surface area contributed by atoms with E-state index >= 15 is 0 Å². The summed E-state index contributed by atoms with van der Waals surface area (Å²) >= 11 is 0. The van der Waals surface area contributed by atoms with Crippen molar-refractivity contribution in [3.05, 3.63) is 35.4 Å². The zero-order valence-electron chi connectivity index (χ0n) is 14.3. The van der Waals surface area contributed by atoms with Crippen LogP contribution in [0.15, 0.2) is 24.3 Å². The Hall–Kier alpha value is -0.820. The van der Waals surface area contributed by atoms with Crippen LogP contribution in [0.3, 0.4) is 0 Å². The Balaban J connectivity index is 2.03. The molecule has 0 bridgehead atoms. The van der Waals surface area contributed by atoms with E-state index in [0.717, 1.165) is 6.54 Å². The van der Waals surface area contributed by atoms with E-state index in [-0.39, 0.29) is 0 Å². The fraction of sp³-hybridized carbons (Fsp3) is 0.700. The third kappa shape index (κ3) is 4.85. The van der Waals surface area contributed by atoms with Crippen LogP contribution < -0.4 is 5.32 Å². The van der Waals surface area contributed by atoms with Gasteiger partial charge < -0.3 is 5.32 Å². The van der Waals surface area contributed by atoms with Gasteiger partial charge >= 0.3 is 0 Å². The van der Waals surface area contributed by atoms with Gasteiger partial charge in [0.05, 0.1) is 0 Å². The maximum atomic E-state index is 3.70. The highest BCUT2D eigenvalue weighted by Gasteiger charge is 2.31. The topological polar surface area (TPSA) is 12.0 Å². The molecule has 0 atom stereocenters. The van der Waals surface area contributed by atoms with Gasteiger partial charge in [-0.25, -0.2) is 0 Å². The van der Waals surface area contributed by atoms with Gasteiger partial charge in [0.1, 0.15) is 0 Å². The first-order chi connectivity index (χ1) is 10.2. The van der Waals surface area contributed by atoms with Gasteiger partial charge in [-0.1, -0.05) is 64.3 Å². The molecule has 0 unspecified atom stereocenters. The normalized spacial score (nSPS) is 18.1. The second-order valence-corrected chi connectivity index (χ2v) is 7.31. The second kappa shape index (κ2) is 7.98. The fourth-order valence-corrected chi connectivity index (χ4v) is 3.70. The maximum Gasteiger partial charge on any atom is 0.00110 e. The van der Waals surface area contributed by atoms with Crippen LogP contribution in [-0.4, -0.2) is 13.1 Å². The molecular formula is C20H33N. The Labute approximate surface area is 131 Å². The summed E-state index contributed by atoms with van der Waals surface area (Å²) in [5.41, 5.74) is 3.49. The highest BCUT2D eigenvalue weighted by Crippen LogP contribution is 2.39. The molecule has 0 spiro atoms. The lowest BCUT2D eigenvalue weighted by atomic mass is 9.70. The van der Waals surface area contributed by atoms with Crippen molar-refractivity contribution in [3.8, 4) is 0 Å². The summed E-state index contributed by atoms with van der Waals surface area (Å²) in [6, 6.07) is 9.39. The summed E-state index contributed by atoms with van der Waals surface area (Å²) in [6.07, 6.45) is 9.55. The summed E-state index contributed by atoms with van der Waals surface area (Å²) in [7, 11) is 0. The predicted molar refractivity (Wildman–Crippen MR) is 92.9 cm³/mol. The molecule has 21 heavy (non-hydrogen) atoms. The minimum Gasteiger partial charge on any atom is -0.316 e. The molecule has 0 aliphatic heterocycles. The molecule has 1 aliphatic rings. The zero-order chi connectivity index (χ0) is 15.1. The minimum atomic E-state index is 0.507. The van der Waals surface area contributed by atoms with Crippen molar-refractivity contribution in [1.29, 1.82) is 0 Å². The molecule has 0 heterocycles. The molecule has 0 radical (unpaired) electrons. The van der Waals surface area contributed by atoms with Gasteiger partial charge in [0.15, 0.2) is 0 Å². The molecule has 1 heteroatoms. The van der Waals surface area contributed by atoms with E-state index < -0.39 is 0 Å². The van der Waals surface area contributed by atoms with Crippen LogP contribution in [0.25, 0.3) is 0 Å². The number of benzene rings is 1. The van der Waals surface area contributed by atoms with Gasteiger partial charge in [-0.05, 0) is 54.7 Å². The van der Waals surface area contributed by atoms with Crippen LogP contribution in [0, 0.1) is 5.41 Å². The highest BCUT2D eigenvalue weighted by molar-refractivity contribution is 5.25. The summed E-state index contributed by atoms with van der Waals surface area (Å²) in [5, 5.41) is 3.70. The van der Waals surface area contributed by atoms with E-state index in [1.54, 1.807) is 0 Å². The third-order valence-electron chi connectivity index (χ3n) is 5.07. The maximum absolute atomic E-state index is 3.70. The van der Waals surface area contributed by atoms with Crippen LogP contribution in [0.4, 0.5) is 0 Å². The van der Waals surface area contributed by atoms with Gasteiger partial charge in [-0.2, -0.15) is 0 Å². The Morgan fingerprint density at radius 3 is 2.29 bits per heavy atom. The SMILES string of the molecule is CCCNCC1(Cc2ccc(C(C)C)cc2)CCCCC1. The van der Waals surface area contributed by atoms with Crippen LogP contribution in [0.1, 0.15) is 76.3 Å². The van der Waals surface area contributed by atoms with Crippen molar-refractivity contribution in [1.82, 2.24) is 5.32 Å². The van der Waals surface area contributed by atoms with Crippen molar-refractivity contribution in [2.45, 2.75) is 71.6 Å². The first kappa shape index (κ1) is 16.5. The van der Waals surface area contributed by atoms with Crippen LogP contribution in [-0.2, 0) is 6.42 Å². The molecule has 2 rings (SSSR count). The fourth-order valence-electron chi connectivity index (χ4n) is 3.70. The quantitative estimate of drug-likeness (QED) is 0.671. The lowest BCUT2D eigenvalue weighted by Crippen LogP contribution is -2.38. The molecular weight excluding hydrogens is 254 g/mol. The second-order valence-electron chi connectivity index (χ2n) is 7.31. The van der Waals surface area contributed by atoms with Crippen molar-refractivity contribution < 1.29 is 0 Å². The van der Waals surface area contributed by atoms with E-state index in [9.17, 15) is 0 Å². The van der Waals surface area contributed by atoms with E-state index in [4.69, 9.17) is 0 Å². The average molecular weight is 287 g/mol. The highest BCUT2D eigenvalue weighted by atomic mass is 14.9. The summed E-state index contributed by atoms with van der Waals surface area (Å²) < 4.78 is 0. The molecule has 1 N–H and O–H groups in total. The van der Waals surface area contributed by atoms with Gasteiger partial charge in [0.25, 0.3) is 0 Å². The third-order valence-corrected chi connectivity index (χ3v) is 5.07. The molecule has 0 saturated heterocycles. The Bertz CT molecular complexity index is 398. The van der Waals surface area contributed by atoms with Crippen molar-refractivity contribution in [2.75, 3.05) is 13.1 Å². The van der Waals surface area contributed by atoms with Crippen LogP contribution >= 0.6 is 0 Å². The minimum absolute atomic E-state index is 0.507. The molecule has 1 nitrogen and oxygen atoms in total. The number of hydrogen-bond donors (Lipinski definition) is 1. The van der Waals surface area contributed by atoms with Crippen molar-refractivity contribution >= 4 is 0 Å². The van der Waals surface area contributed by atoms with E-state index in [2.05, 4.69) is 50.4 Å². The lowest BCUT2D eigenvalue weighted by Gasteiger charge is -2.38. The summed E-state index contributed by atoms with van der Waals surface area (Å²) in [5.74, 6) is 0.633. The molecule has 118 valence electrons. The Morgan fingerprint density at radius 1 is 1.05 bits per heavy atom. The van der Waals surface area contributed by atoms with Gasteiger partial charge in [-0.15, -0.1) is 0 Å². The smallest absolute Gasteiger partial charge is 0.00110 e. The molecule has 1 aliphatic carbocycles. The molecule has 1 aromatic rings. The summed E-state index contributed by atoms with van der Waals surface area (Å²) in [6.45, 7) is 9.16. The first-order valence-corrected chi connectivity index (χ1v) is 8.95. The standard InChI is InChI=1S/C20H33N/c1-4-14-21-16-20(12-6-5-7-13-20)15-18-8-10-19(11-9-18)17(2)3/h8-11,17,21H,4-7,12-16H2,1-3H3.